The van der Waals surface area contributed by atoms with E-state index in [1.807, 2.05) is 6.07 Å². The highest BCUT2D eigenvalue weighted by Crippen LogP contribution is 2.20. The van der Waals surface area contributed by atoms with Crippen molar-refractivity contribution in [3.8, 4) is 0 Å². The summed E-state index contributed by atoms with van der Waals surface area (Å²) in [5, 5.41) is 10.2. The van der Waals surface area contributed by atoms with Gasteiger partial charge in [0, 0.05) is 20.1 Å². The normalized spacial score (nSPS) is 14.9. The van der Waals surface area contributed by atoms with E-state index in [0.717, 1.165) is 4.31 Å². The van der Waals surface area contributed by atoms with Gasteiger partial charge in [-0.15, -0.1) is 0 Å². The van der Waals surface area contributed by atoms with Gasteiger partial charge in [-0.2, -0.15) is 0 Å². The van der Waals surface area contributed by atoms with Crippen LogP contribution < -0.4 is 4.72 Å². The minimum absolute atomic E-state index is 0.0130. The third kappa shape index (κ3) is 5.36. The Balaban J connectivity index is 2.10. The van der Waals surface area contributed by atoms with Gasteiger partial charge in [0.2, 0.25) is 20.0 Å². The van der Waals surface area contributed by atoms with Crippen LogP contribution in [0.15, 0.2) is 64.4 Å². The van der Waals surface area contributed by atoms with Crippen molar-refractivity contribution in [2.45, 2.75) is 35.3 Å². The maximum Gasteiger partial charge on any atom is 0.242 e. The van der Waals surface area contributed by atoms with Gasteiger partial charge in [0.05, 0.1) is 15.9 Å². The number of sulfonamides is 2. The first-order valence-corrected chi connectivity index (χ1v) is 11.2. The van der Waals surface area contributed by atoms with Crippen molar-refractivity contribution in [2.24, 2.45) is 0 Å². The number of rotatable bonds is 8. The number of hydrogen-bond donors (Lipinski definition) is 2. The molecule has 0 heterocycles. The Morgan fingerprint density at radius 2 is 1.44 bits per heavy atom. The summed E-state index contributed by atoms with van der Waals surface area (Å²) in [5.41, 5.74) is 0.710. The Kier molecular flexibility index (Phi) is 6.77. The van der Waals surface area contributed by atoms with Crippen LogP contribution in [0.25, 0.3) is 0 Å². The first-order chi connectivity index (χ1) is 12.5. The molecule has 0 spiro atoms. The van der Waals surface area contributed by atoms with Crippen LogP contribution in [-0.2, 0) is 20.0 Å². The fraction of sp³-hybridized carbons (Fsp3) is 0.333. The molecule has 0 aliphatic heterocycles. The zero-order chi connectivity index (χ0) is 20.2. The van der Waals surface area contributed by atoms with E-state index in [1.54, 1.807) is 31.2 Å². The number of nitrogens with zero attached hydrogens (tertiary/aromatic N) is 1. The van der Waals surface area contributed by atoms with Crippen LogP contribution in [0.3, 0.4) is 0 Å². The van der Waals surface area contributed by atoms with Crippen molar-refractivity contribution in [2.75, 3.05) is 14.1 Å². The maximum atomic E-state index is 12.5. The number of aliphatic hydroxyl groups is 1. The summed E-state index contributed by atoms with van der Waals surface area (Å²) in [6, 6.07) is 13.5. The molecule has 2 aromatic rings. The molecule has 0 aromatic heterocycles. The monoisotopic (exact) mass is 412 g/mol. The molecule has 148 valence electrons. The summed E-state index contributed by atoms with van der Waals surface area (Å²) in [5.74, 6) is 0. The average molecular weight is 413 g/mol. The van der Waals surface area contributed by atoms with Gasteiger partial charge < -0.3 is 5.11 Å². The zero-order valence-electron chi connectivity index (χ0n) is 15.4. The SMILES string of the molecule is C[C@H](C[C@@H](O)c1ccccc1)NS(=O)(=O)c1ccc(S(=O)(=O)N(C)C)cc1. The fourth-order valence-corrected chi connectivity index (χ4v) is 4.69. The summed E-state index contributed by atoms with van der Waals surface area (Å²) < 4.78 is 52.7. The van der Waals surface area contributed by atoms with Crippen LogP contribution in [0.5, 0.6) is 0 Å². The molecule has 2 aromatic carbocycles. The Morgan fingerprint density at radius 3 is 1.96 bits per heavy atom. The molecular weight excluding hydrogens is 388 g/mol. The summed E-state index contributed by atoms with van der Waals surface area (Å²) in [6.07, 6.45) is -0.590. The van der Waals surface area contributed by atoms with E-state index < -0.39 is 32.2 Å². The molecular formula is C18H24N2O5S2. The van der Waals surface area contributed by atoms with Gasteiger partial charge in [0.15, 0.2) is 0 Å². The van der Waals surface area contributed by atoms with Crippen molar-refractivity contribution in [3.05, 3.63) is 60.2 Å². The van der Waals surface area contributed by atoms with Crippen molar-refractivity contribution < 1.29 is 21.9 Å². The zero-order valence-corrected chi connectivity index (χ0v) is 17.0. The lowest BCUT2D eigenvalue weighted by Crippen LogP contribution is -2.33. The van der Waals surface area contributed by atoms with Crippen molar-refractivity contribution in [1.29, 1.82) is 0 Å². The number of hydrogen-bond acceptors (Lipinski definition) is 5. The Morgan fingerprint density at radius 1 is 0.926 bits per heavy atom. The maximum absolute atomic E-state index is 12.5. The Hall–Kier alpha value is -1.78. The van der Waals surface area contributed by atoms with Gasteiger partial charge in [-0.3, -0.25) is 0 Å². The second-order valence-electron chi connectivity index (χ2n) is 6.44. The Labute approximate surface area is 160 Å². The predicted molar refractivity (Wildman–Crippen MR) is 103 cm³/mol. The molecule has 0 amide bonds. The van der Waals surface area contributed by atoms with E-state index in [2.05, 4.69) is 4.72 Å². The molecule has 0 bridgehead atoms. The van der Waals surface area contributed by atoms with Crippen LogP contribution in [-0.4, -0.2) is 46.4 Å². The van der Waals surface area contributed by atoms with Crippen molar-refractivity contribution in [3.63, 3.8) is 0 Å². The van der Waals surface area contributed by atoms with E-state index in [-0.39, 0.29) is 16.2 Å². The van der Waals surface area contributed by atoms with Crippen LogP contribution in [0, 0.1) is 0 Å². The lowest BCUT2D eigenvalue weighted by Gasteiger charge is -2.18. The molecule has 2 rings (SSSR count). The van der Waals surface area contributed by atoms with E-state index in [4.69, 9.17) is 0 Å². The van der Waals surface area contributed by atoms with E-state index in [9.17, 15) is 21.9 Å². The fourth-order valence-electron chi connectivity index (χ4n) is 2.53. The average Bonchev–Trinajstić information content (AvgIpc) is 2.61. The summed E-state index contributed by atoms with van der Waals surface area (Å²) in [7, 11) is -4.65. The van der Waals surface area contributed by atoms with E-state index >= 15 is 0 Å². The molecule has 7 nitrogen and oxygen atoms in total. The summed E-state index contributed by atoms with van der Waals surface area (Å²) in [4.78, 5) is -0.0275. The summed E-state index contributed by atoms with van der Waals surface area (Å²) >= 11 is 0. The predicted octanol–water partition coefficient (Wildman–Crippen LogP) is 1.73. The quantitative estimate of drug-likeness (QED) is 0.687. The van der Waals surface area contributed by atoms with Crippen LogP contribution in [0.4, 0.5) is 0 Å². The van der Waals surface area contributed by atoms with Gasteiger partial charge >= 0.3 is 0 Å². The molecule has 27 heavy (non-hydrogen) atoms. The van der Waals surface area contributed by atoms with Crippen LogP contribution in [0.2, 0.25) is 0 Å². The molecule has 0 unspecified atom stereocenters. The highest BCUT2D eigenvalue weighted by atomic mass is 32.2. The van der Waals surface area contributed by atoms with Gasteiger partial charge in [0.25, 0.3) is 0 Å². The van der Waals surface area contributed by atoms with E-state index in [1.165, 1.54) is 38.4 Å². The van der Waals surface area contributed by atoms with Crippen molar-refractivity contribution in [1.82, 2.24) is 9.03 Å². The third-order valence-electron chi connectivity index (χ3n) is 4.03. The van der Waals surface area contributed by atoms with Gasteiger partial charge in [0.1, 0.15) is 0 Å². The van der Waals surface area contributed by atoms with Crippen molar-refractivity contribution >= 4 is 20.0 Å². The second kappa shape index (κ2) is 8.49. The second-order valence-corrected chi connectivity index (χ2v) is 10.3. The molecule has 0 fully saturated rings. The molecule has 2 atom stereocenters. The molecule has 0 aliphatic rings. The first-order valence-electron chi connectivity index (χ1n) is 8.32. The minimum Gasteiger partial charge on any atom is -0.388 e. The van der Waals surface area contributed by atoms with Crippen LogP contribution in [0.1, 0.15) is 25.0 Å². The lowest BCUT2D eigenvalue weighted by atomic mass is 10.0. The molecule has 0 saturated carbocycles. The highest BCUT2D eigenvalue weighted by molar-refractivity contribution is 7.89. The van der Waals surface area contributed by atoms with Crippen LogP contribution >= 0.6 is 0 Å². The summed E-state index contributed by atoms with van der Waals surface area (Å²) in [6.45, 7) is 1.66. The smallest absolute Gasteiger partial charge is 0.242 e. The molecule has 2 N–H and O–H groups in total. The highest BCUT2D eigenvalue weighted by Gasteiger charge is 2.22. The molecule has 0 saturated heterocycles. The Bertz CT molecular complexity index is 957. The largest absolute Gasteiger partial charge is 0.388 e. The standard InChI is InChI=1S/C18H24N2O5S2/c1-14(13-18(21)15-7-5-4-6-8-15)19-26(22,23)16-9-11-17(12-10-16)27(24,25)20(2)3/h4-12,14,18-19,21H,13H2,1-3H3/t14-,18-/m1/s1. The molecule has 0 aliphatic carbocycles. The van der Waals surface area contributed by atoms with Gasteiger partial charge in [-0.1, -0.05) is 30.3 Å². The number of nitrogens with one attached hydrogen (secondary N) is 1. The first kappa shape index (κ1) is 21.5. The number of aliphatic hydroxyl groups excluding tert-OH is 1. The van der Waals surface area contributed by atoms with E-state index in [0.29, 0.717) is 5.56 Å². The minimum atomic E-state index is -3.84. The van der Waals surface area contributed by atoms with Gasteiger partial charge in [-0.25, -0.2) is 25.9 Å². The number of benzene rings is 2. The molecule has 9 heteroatoms. The topological polar surface area (TPSA) is 104 Å². The lowest BCUT2D eigenvalue weighted by molar-refractivity contribution is 0.158. The third-order valence-corrected chi connectivity index (χ3v) is 7.46. The molecule has 0 radical (unpaired) electrons. The van der Waals surface area contributed by atoms with Gasteiger partial charge in [-0.05, 0) is 43.2 Å².